The number of hydrogen-bond acceptors (Lipinski definition) is 7. The first-order valence-electron chi connectivity index (χ1n) is 15.7. The molecule has 4 rings (SSSR count). The van der Waals surface area contributed by atoms with E-state index in [0.29, 0.717) is 17.1 Å². The van der Waals surface area contributed by atoms with E-state index in [2.05, 4.69) is 39.8 Å². The standard InChI is InChI=1S/C36H46N6O4/c1-34(2,3)45-32(43)41(27-15-16-31(38-23-27)36(7,8)24-37)19-11-12-25-22-28-29(39-25)13-10-14-30(28)42(33(44)46-35(4,5)6)26-17-20-40(9)21-18-26/h10,13-16,22-23,26,39H,17-21H2,1-9H3. The van der Waals surface area contributed by atoms with E-state index >= 15 is 0 Å². The number of fused-ring (bicyclic) bond motifs is 1. The van der Waals surface area contributed by atoms with Crippen molar-refractivity contribution < 1.29 is 19.1 Å². The van der Waals surface area contributed by atoms with E-state index in [4.69, 9.17) is 9.47 Å². The number of hydrogen-bond donors (Lipinski definition) is 1. The highest BCUT2D eigenvalue weighted by Crippen LogP contribution is 2.33. The van der Waals surface area contributed by atoms with Gasteiger partial charge in [-0.15, -0.1) is 0 Å². The Bertz CT molecular complexity index is 1650. The number of nitriles is 1. The molecule has 2 amide bonds. The Morgan fingerprint density at radius 3 is 2.24 bits per heavy atom. The molecule has 1 fully saturated rings. The third-order valence-corrected chi connectivity index (χ3v) is 7.60. The number of rotatable bonds is 5. The van der Waals surface area contributed by atoms with Crippen LogP contribution < -0.4 is 9.80 Å². The fourth-order valence-corrected chi connectivity index (χ4v) is 5.19. The number of benzene rings is 1. The quantitative estimate of drug-likeness (QED) is 0.304. The molecule has 0 saturated carbocycles. The summed E-state index contributed by atoms with van der Waals surface area (Å²) in [6.07, 6.45) is 2.32. The number of amides is 2. The number of carbonyl (C=O) groups excluding carboxylic acids is 2. The number of piperidine rings is 1. The SMILES string of the molecule is CN1CCC(N(C(=O)OC(C)(C)C)c2cccc3[nH]c(C#CCN(C(=O)OC(C)(C)C)c4ccc(C(C)(C)C#N)nc4)cc23)CC1. The molecule has 0 radical (unpaired) electrons. The van der Waals surface area contributed by atoms with Gasteiger partial charge in [0.15, 0.2) is 0 Å². The van der Waals surface area contributed by atoms with Crippen LogP contribution in [0.2, 0.25) is 0 Å². The van der Waals surface area contributed by atoms with E-state index < -0.39 is 22.7 Å². The summed E-state index contributed by atoms with van der Waals surface area (Å²) in [5.74, 6) is 6.26. The van der Waals surface area contributed by atoms with Crippen molar-refractivity contribution in [2.24, 2.45) is 0 Å². The first-order chi connectivity index (χ1) is 21.5. The van der Waals surface area contributed by atoms with Crippen molar-refractivity contribution in [3.05, 3.63) is 54.0 Å². The maximum absolute atomic E-state index is 13.6. The van der Waals surface area contributed by atoms with E-state index in [-0.39, 0.29) is 18.7 Å². The lowest BCUT2D eigenvalue weighted by atomic mass is 9.91. The Morgan fingerprint density at radius 1 is 1.00 bits per heavy atom. The smallest absolute Gasteiger partial charge is 0.415 e. The van der Waals surface area contributed by atoms with Crippen LogP contribution in [0.1, 0.15) is 79.6 Å². The van der Waals surface area contributed by atoms with Crippen molar-refractivity contribution in [1.29, 1.82) is 5.26 Å². The largest absolute Gasteiger partial charge is 0.443 e. The molecular weight excluding hydrogens is 580 g/mol. The average molecular weight is 627 g/mol. The van der Waals surface area contributed by atoms with Crippen molar-refractivity contribution in [2.75, 3.05) is 36.5 Å². The summed E-state index contributed by atoms with van der Waals surface area (Å²) in [7, 11) is 2.09. The molecule has 3 heterocycles. The molecule has 244 valence electrons. The highest BCUT2D eigenvalue weighted by atomic mass is 16.6. The number of ether oxygens (including phenoxy) is 2. The second-order valence-corrected chi connectivity index (χ2v) is 14.3. The maximum Gasteiger partial charge on any atom is 0.415 e. The molecule has 1 aromatic carbocycles. The number of anilines is 2. The first kappa shape index (κ1) is 34.3. The first-order valence-corrected chi connectivity index (χ1v) is 15.7. The van der Waals surface area contributed by atoms with Crippen molar-refractivity contribution >= 4 is 34.5 Å². The molecule has 3 aromatic rings. The van der Waals surface area contributed by atoms with E-state index in [1.165, 1.54) is 4.90 Å². The van der Waals surface area contributed by atoms with E-state index in [9.17, 15) is 14.9 Å². The van der Waals surface area contributed by atoms with Crippen LogP contribution in [0.15, 0.2) is 42.6 Å². The van der Waals surface area contributed by atoms with Crippen LogP contribution in [0.25, 0.3) is 10.9 Å². The highest BCUT2D eigenvalue weighted by molar-refractivity contribution is 6.01. The Balaban J connectivity index is 1.66. The third-order valence-electron chi connectivity index (χ3n) is 7.60. The van der Waals surface area contributed by atoms with Crippen LogP contribution in [0.5, 0.6) is 0 Å². The van der Waals surface area contributed by atoms with Gasteiger partial charge in [0.2, 0.25) is 0 Å². The summed E-state index contributed by atoms with van der Waals surface area (Å²) < 4.78 is 11.5. The van der Waals surface area contributed by atoms with Crippen LogP contribution in [-0.4, -0.2) is 71.0 Å². The second-order valence-electron chi connectivity index (χ2n) is 14.3. The predicted molar refractivity (Wildman–Crippen MR) is 181 cm³/mol. The Morgan fingerprint density at radius 2 is 1.65 bits per heavy atom. The van der Waals surface area contributed by atoms with Crippen LogP contribution in [0, 0.1) is 23.2 Å². The number of nitrogens with one attached hydrogen (secondary N) is 1. The Labute approximate surface area is 272 Å². The Hall–Kier alpha value is -4.54. The fraction of sp³-hybridized carbons (Fsp3) is 0.500. The maximum atomic E-state index is 13.6. The summed E-state index contributed by atoms with van der Waals surface area (Å²) in [6.45, 7) is 16.5. The zero-order chi connectivity index (χ0) is 33.9. The van der Waals surface area contributed by atoms with Crippen LogP contribution in [0.4, 0.5) is 21.0 Å². The van der Waals surface area contributed by atoms with Crippen LogP contribution in [0.3, 0.4) is 0 Å². The zero-order valence-corrected chi connectivity index (χ0v) is 28.5. The summed E-state index contributed by atoms with van der Waals surface area (Å²) >= 11 is 0. The van der Waals surface area contributed by atoms with Crippen molar-refractivity contribution in [2.45, 2.75) is 90.9 Å². The zero-order valence-electron chi connectivity index (χ0n) is 28.5. The molecule has 10 heteroatoms. The lowest BCUT2D eigenvalue weighted by Gasteiger charge is -2.38. The van der Waals surface area contributed by atoms with Gasteiger partial charge in [-0.3, -0.25) is 14.8 Å². The van der Waals surface area contributed by atoms with Crippen LogP contribution >= 0.6 is 0 Å². The number of carbonyl (C=O) groups is 2. The van der Waals surface area contributed by atoms with Gasteiger partial charge in [0.05, 0.1) is 47.0 Å². The molecule has 10 nitrogen and oxygen atoms in total. The molecule has 1 N–H and O–H groups in total. The molecule has 46 heavy (non-hydrogen) atoms. The van der Waals surface area contributed by atoms with Gasteiger partial charge in [0.1, 0.15) is 11.2 Å². The van der Waals surface area contributed by atoms with Crippen LogP contribution in [-0.2, 0) is 14.9 Å². The minimum Gasteiger partial charge on any atom is -0.443 e. The second kappa shape index (κ2) is 13.4. The van der Waals surface area contributed by atoms with Gasteiger partial charge in [-0.1, -0.05) is 12.0 Å². The minimum atomic E-state index is -0.768. The number of aromatic amines is 1. The monoisotopic (exact) mass is 626 g/mol. The minimum absolute atomic E-state index is 0.00204. The third kappa shape index (κ3) is 8.58. The molecular formula is C36H46N6O4. The topological polar surface area (TPSA) is 115 Å². The van der Waals surface area contributed by atoms with Gasteiger partial charge in [-0.2, -0.15) is 5.26 Å². The molecule has 2 aromatic heterocycles. The molecule has 1 aliphatic heterocycles. The van der Waals surface area contributed by atoms with E-state index in [0.717, 1.165) is 42.5 Å². The average Bonchev–Trinajstić information content (AvgIpc) is 3.38. The lowest BCUT2D eigenvalue weighted by molar-refractivity contribution is 0.0548. The van der Waals surface area contributed by atoms with Crippen molar-refractivity contribution in [1.82, 2.24) is 14.9 Å². The van der Waals surface area contributed by atoms with Gasteiger partial charge in [-0.05, 0) is 125 Å². The molecule has 0 bridgehead atoms. The van der Waals surface area contributed by atoms with Crippen molar-refractivity contribution in [3.63, 3.8) is 0 Å². The van der Waals surface area contributed by atoms with E-state index in [1.807, 2.05) is 45.0 Å². The van der Waals surface area contributed by atoms with Gasteiger partial charge in [0, 0.05) is 16.9 Å². The van der Waals surface area contributed by atoms with Gasteiger partial charge in [0.25, 0.3) is 0 Å². The number of H-pyrrole nitrogens is 1. The summed E-state index contributed by atoms with van der Waals surface area (Å²) in [6, 6.07) is 13.5. The van der Waals surface area contributed by atoms with Gasteiger partial charge < -0.3 is 19.4 Å². The molecule has 1 aliphatic rings. The lowest BCUT2D eigenvalue weighted by Crippen LogP contribution is -2.48. The normalized spacial score (nSPS) is 14.6. The number of likely N-dealkylation sites (tertiary alicyclic amines) is 1. The van der Waals surface area contributed by atoms with Crippen molar-refractivity contribution in [3.8, 4) is 17.9 Å². The fourth-order valence-electron chi connectivity index (χ4n) is 5.19. The van der Waals surface area contributed by atoms with E-state index in [1.54, 1.807) is 57.8 Å². The molecule has 0 aliphatic carbocycles. The Kier molecular flexibility index (Phi) is 10.0. The van der Waals surface area contributed by atoms with Gasteiger partial charge in [-0.25, -0.2) is 9.59 Å². The highest BCUT2D eigenvalue weighted by Gasteiger charge is 2.33. The number of aromatic nitrogens is 2. The summed E-state index contributed by atoms with van der Waals surface area (Å²) in [4.78, 5) is 40.1. The van der Waals surface area contributed by atoms with Gasteiger partial charge >= 0.3 is 12.2 Å². The summed E-state index contributed by atoms with van der Waals surface area (Å²) in [5, 5.41) is 10.4. The molecule has 1 saturated heterocycles. The molecule has 0 unspecified atom stereocenters. The number of nitrogens with zero attached hydrogens (tertiary/aromatic N) is 5. The summed E-state index contributed by atoms with van der Waals surface area (Å²) in [5.41, 5.74) is 1.25. The molecule has 0 atom stereocenters. The predicted octanol–water partition coefficient (Wildman–Crippen LogP) is 6.99. The molecule has 0 spiro atoms. The number of pyridine rings is 1.